The van der Waals surface area contributed by atoms with Gasteiger partial charge in [-0.15, -0.1) is 0 Å². The van der Waals surface area contributed by atoms with Gasteiger partial charge in [-0.3, -0.25) is 4.79 Å². The number of carbonyl (C=O) groups excluding carboxylic acids is 1. The summed E-state index contributed by atoms with van der Waals surface area (Å²) in [5.74, 6) is 1.32. The molecule has 2 rings (SSSR count). The zero-order chi connectivity index (χ0) is 12.3. The molecule has 0 aliphatic carbocycles. The molecule has 0 radical (unpaired) electrons. The molecule has 17 heavy (non-hydrogen) atoms. The fraction of sp³-hybridized carbons (Fsp3) is 0.462. The zero-order valence-corrected chi connectivity index (χ0v) is 11.3. The number of carbonyl (C=O) groups is 1. The molecule has 1 aliphatic rings. The van der Waals surface area contributed by atoms with Gasteiger partial charge in [0.25, 0.3) is 0 Å². The second-order valence-corrected chi connectivity index (χ2v) is 5.09. The molecule has 0 amide bonds. The van der Waals surface area contributed by atoms with Crippen LogP contribution in [0.25, 0.3) is 0 Å². The van der Waals surface area contributed by atoms with E-state index in [9.17, 15) is 4.79 Å². The van der Waals surface area contributed by atoms with Crippen molar-refractivity contribution in [2.75, 3.05) is 19.8 Å². The smallest absolute Gasteiger partial charge is 0.160 e. The van der Waals surface area contributed by atoms with Crippen LogP contribution in [0.5, 0.6) is 5.75 Å². The van der Waals surface area contributed by atoms with E-state index in [2.05, 4.69) is 15.9 Å². The molecule has 1 atom stereocenters. The van der Waals surface area contributed by atoms with E-state index in [1.54, 1.807) is 13.0 Å². The number of ether oxygens (including phenoxy) is 2. The Bertz CT molecular complexity index is 411. The monoisotopic (exact) mass is 298 g/mol. The lowest BCUT2D eigenvalue weighted by Crippen LogP contribution is -2.11. The van der Waals surface area contributed by atoms with Gasteiger partial charge in [-0.1, -0.05) is 0 Å². The van der Waals surface area contributed by atoms with E-state index in [-0.39, 0.29) is 5.78 Å². The van der Waals surface area contributed by atoms with E-state index in [1.165, 1.54) is 0 Å². The highest BCUT2D eigenvalue weighted by molar-refractivity contribution is 9.10. The van der Waals surface area contributed by atoms with E-state index in [4.69, 9.17) is 9.47 Å². The number of rotatable bonds is 4. The maximum atomic E-state index is 11.3. The molecule has 1 saturated heterocycles. The fourth-order valence-corrected chi connectivity index (χ4v) is 2.44. The first kappa shape index (κ1) is 12.6. The van der Waals surface area contributed by atoms with Crippen LogP contribution in [0, 0.1) is 5.92 Å². The van der Waals surface area contributed by atoms with Crippen molar-refractivity contribution in [2.24, 2.45) is 5.92 Å². The second-order valence-electron chi connectivity index (χ2n) is 4.24. The van der Waals surface area contributed by atoms with Crippen LogP contribution in [0.15, 0.2) is 22.7 Å². The lowest BCUT2D eigenvalue weighted by atomic mass is 10.1. The Morgan fingerprint density at radius 3 is 3.00 bits per heavy atom. The Labute approximate surface area is 109 Å². The van der Waals surface area contributed by atoms with Crippen molar-refractivity contribution in [2.45, 2.75) is 13.3 Å². The molecule has 1 aromatic carbocycles. The minimum atomic E-state index is 0.0487. The Morgan fingerprint density at radius 1 is 1.59 bits per heavy atom. The molecule has 0 bridgehead atoms. The molecular formula is C13H15BrO3. The summed E-state index contributed by atoms with van der Waals surface area (Å²) in [6.07, 6.45) is 1.06. The molecule has 1 fully saturated rings. The minimum Gasteiger partial charge on any atom is -0.493 e. The van der Waals surface area contributed by atoms with Crippen molar-refractivity contribution < 1.29 is 14.3 Å². The molecule has 1 heterocycles. The van der Waals surface area contributed by atoms with Crippen molar-refractivity contribution in [3.63, 3.8) is 0 Å². The summed E-state index contributed by atoms with van der Waals surface area (Å²) in [6, 6.07) is 5.46. The summed E-state index contributed by atoms with van der Waals surface area (Å²) >= 11 is 3.38. The van der Waals surface area contributed by atoms with Crippen molar-refractivity contribution in [1.29, 1.82) is 0 Å². The van der Waals surface area contributed by atoms with E-state index in [0.29, 0.717) is 18.1 Å². The van der Waals surface area contributed by atoms with Gasteiger partial charge in [0.1, 0.15) is 5.75 Å². The molecule has 0 saturated carbocycles. The summed E-state index contributed by atoms with van der Waals surface area (Å²) < 4.78 is 11.8. The third-order valence-electron chi connectivity index (χ3n) is 2.83. The number of hydrogen-bond donors (Lipinski definition) is 0. The first-order valence-electron chi connectivity index (χ1n) is 5.68. The van der Waals surface area contributed by atoms with Gasteiger partial charge in [-0.25, -0.2) is 0 Å². The predicted molar refractivity (Wildman–Crippen MR) is 68.6 cm³/mol. The van der Waals surface area contributed by atoms with Crippen molar-refractivity contribution in [1.82, 2.24) is 0 Å². The summed E-state index contributed by atoms with van der Waals surface area (Å²) in [5.41, 5.74) is 0.682. The lowest BCUT2D eigenvalue weighted by molar-refractivity contribution is 0.101. The van der Waals surface area contributed by atoms with Crippen molar-refractivity contribution >= 4 is 21.7 Å². The Hall–Kier alpha value is -0.870. The third kappa shape index (κ3) is 3.30. The average Bonchev–Trinajstić information content (AvgIpc) is 2.78. The normalized spacial score (nSPS) is 19.3. The number of ketones is 1. The van der Waals surface area contributed by atoms with Gasteiger partial charge >= 0.3 is 0 Å². The Balaban J connectivity index is 1.97. The molecule has 1 aliphatic heterocycles. The quantitative estimate of drug-likeness (QED) is 0.802. The molecule has 1 unspecified atom stereocenters. The number of benzene rings is 1. The van der Waals surface area contributed by atoms with Crippen LogP contribution in [0.4, 0.5) is 0 Å². The molecule has 1 aromatic rings. The lowest BCUT2D eigenvalue weighted by Gasteiger charge is -2.11. The molecule has 0 aromatic heterocycles. The minimum absolute atomic E-state index is 0.0487. The van der Waals surface area contributed by atoms with Gasteiger partial charge in [0.05, 0.1) is 13.2 Å². The van der Waals surface area contributed by atoms with Crippen LogP contribution >= 0.6 is 15.9 Å². The predicted octanol–water partition coefficient (Wildman–Crippen LogP) is 3.07. The van der Waals surface area contributed by atoms with Gasteiger partial charge in [0, 0.05) is 22.6 Å². The largest absolute Gasteiger partial charge is 0.493 e. The molecule has 92 valence electrons. The molecule has 0 N–H and O–H groups in total. The van der Waals surface area contributed by atoms with Crippen molar-refractivity contribution in [3.8, 4) is 5.75 Å². The summed E-state index contributed by atoms with van der Waals surface area (Å²) in [7, 11) is 0. The van der Waals surface area contributed by atoms with Crippen LogP contribution < -0.4 is 4.74 Å². The maximum Gasteiger partial charge on any atom is 0.160 e. The first-order chi connectivity index (χ1) is 8.16. The van der Waals surface area contributed by atoms with Crippen LogP contribution in [0.2, 0.25) is 0 Å². The fourth-order valence-electron chi connectivity index (χ4n) is 1.80. The van der Waals surface area contributed by atoms with E-state index in [1.807, 2.05) is 12.1 Å². The first-order valence-corrected chi connectivity index (χ1v) is 6.47. The SMILES string of the molecule is CC(=O)c1ccc(OCC2CCOC2)cc1Br. The third-order valence-corrected chi connectivity index (χ3v) is 3.49. The van der Waals surface area contributed by atoms with Gasteiger partial charge in [-0.2, -0.15) is 0 Å². The molecule has 0 spiro atoms. The molecular weight excluding hydrogens is 284 g/mol. The number of hydrogen-bond acceptors (Lipinski definition) is 3. The van der Waals surface area contributed by atoms with E-state index < -0.39 is 0 Å². The Kier molecular flexibility index (Phi) is 4.18. The summed E-state index contributed by atoms with van der Waals surface area (Å²) in [6.45, 7) is 3.84. The van der Waals surface area contributed by atoms with E-state index in [0.717, 1.165) is 29.9 Å². The highest BCUT2D eigenvalue weighted by Gasteiger charge is 2.16. The van der Waals surface area contributed by atoms with Crippen molar-refractivity contribution in [3.05, 3.63) is 28.2 Å². The van der Waals surface area contributed by atoms with Gasteiger partial charge < -0.3 is 9.47 Å². The van der Waals surface area contributed by atoms with E-state index >= 15 is 0 Å². The van der Waals surface area contributed by atoms with Gasteiger partial charge in [0.2, 0.25) is 0 Å². The maximum absolute atomic E-state index is 11.3. The number of Topliss-reactive ketones (excluding diaryl/α,β-unsaturated/α-hetero) is 1. The average molecular weight is 299 g/mol. The van der Waals surface area contributed by atoms with Gasteiger partial charge in [0.15, 0.2) is 5.78 Å². The number of halogens is 1. The van der Waals surface area contributed by atoms with Crippen LogP contribution in [0.3, 0.4) is 0 Å². The Morgan fingerprint density at radius 2 is 2.41 bits per heavy atom. The topological polar surface area (TPSA) is 35.5 Å². The summed E-state index contributed by atoms with van der Waals surface area (Å²) in [5, 5.41) is 0. The second kappa shape index (κ2) is 5.65. The highest BCUT2D eigenvalue weighted by atomic mass is 79.9. The molecule has 4 heteroatoms. The van der Waals surface area contributed by atoms with Crippen LogP contribution in [0.1, 0.15) is 23.7 Å². The highest BCUT2D eigenvalue weighted by Crippen LogP contribution is 2.24. The van der Waals surface area contributed by atoms with Gasteiger partial charge in [-0.05, 0) is 47.5 Å². The van der Waals surface area contributed by atoms with Crippen LogP contribution in [-0.4, -0.2) is 25.6 Å². The molecule has 3 nitrogen and oxygen atoms in total. The summed E-state index contributed by atoms with van der Waals surface area (Å²) in [4.78, 5) is 11.3. The standard InChI is InChI=1S/C13H15BrO3/c1-9(15)12-3-2-11(6-13(12)14)17-8-10-4-5-16-7-10/h2-3,6,10H,4-5,7-8H2,1H3. The zero-order valence-electron chi connectivity index (χ0n) is 9.74. The van der Waals surface area contributed by atoms with Crippen LogP contribution in [-0.2, 0) is 4.74 Å².